The van der Waals surface area contributed by atoms with E-state index >= 15 is 0 Å². The Morgan fingerprint density at radius 2 is 2.20 bits per heavy atom. The number of nitrogen functional groups attached to an aromatic ring is 1. The van der Waals surface area contributed by atoms with Crippen LogP contribution in [0.15, 0.2) is 24.4 Å². The summed E-state index contributed by atoms with van der Waals surface area (Å²) in [5.74, 6) is 4.43. The third-order valence-electron chi connectivity index (χ3n) is 2.47. The molecule has 20 heavy (non-hydrogen) atoms. The number of benzene rings is 1. The summed E-state index contributed by atoms with van der Waals surface area (Å²) in [5.41, 5.74) is 2.58. The van der Waals surface area contributed by atoms with E-state index in [1.54, 1.807) is 13.0 Å². The van der Waals surface area contributed by atoms with Crippen LogP contribution in [0, 0.1) is 22.9 Å². The van der Waals surface area contributed by atoms with Crippen molar-refractivity contribution in [3.63, 3.8) is 0 Å². The molecule has 8 nitrogen and oxygen atoms in total. The summed E-state index contributed by atoms with van der Waals surface area (Å²) in [4.78, 5) is 17.7. The van der Waals surface area contributed by atoms with Crippen molar-refractivity contribution >= 4 is 23.1 Å². The number of nitrogens with one attached hydrogen (secondary N) is 2. The molecule has 0 saturated carbocycles. The van der Waals surface area contributed by atoms with Crippen LogP contribution in [0.1, 0.15) is 5.56 Å². The van der Waals surface area contributed by atoms with Crippen LogP contribution in [0.2, 0.25) is 0 Å². The maximum absolute atomic E-state index is 13.7. The van der Waals surface area contributed by atoms with E-state index in [4.69, 9.17) is 5.84 Å². The zero-order chi connectivity index (χ0) is 14.7. The second kappa shape index (κ2) is 5.45. The Hall–Kier alpha value is -2.81. The first-order valence-corrected chi connectivity index (χ1v) is 5.52. The number of aryl methyl sites for hydroxylation is 1. The van der Waals surface area contributed by atoms with Gasteiger partial charge >= 0.3 is 5.69 Å². The summed E-state index contributed by atoms with van der Waals surface area (Å²) in [7, 11) is 0. The quantitative estimate of drug-likeness (QED) is 0.443. The molecule has 0 unspecified atom stereocenters. The number of nitrogens with two attached hydrogens (primary N) is 1. The second-order valence-corrected chi connectivity index (χ2v) is 3.94. The van der Waals surface area contributed by atoms with Gasteiger partial charge in [-0.05, 0) is 24.6 Å². The standard InChI is InChI=1S/C11H11FN6O2/c1-6-2-3-8(7(12)4-6)15-10-9(18(19)20)5-14-11(16-10)17-13/h2-5H,13H2,1H3,(H2,14,15,16,17). The maximum atomic E-state index is 13.7. The fourth-order valence-electron chi connectivity index (χ4n) is 1.52. The van der Waals surface area contributed by atoms with E-state index < -0.39 is 10.7 Å². The Bertz CT molecular complexity index is 663. The molecular formula is C11H11FN6O2. The Morgan fingerprint density at radius 3 is 2.80 bits per heavy atom. The van der Waals surface area contributed by atoms with Crippen LogP contribution in [0.3, 0.4) is 0 Å². The van der Waals surface area contributed by atoms with Crippen molar-refractivity contribution in [3.05, 3.63) is 45.9 Å². The number of anilines is 3. The minimum Gasteiger partial charge on any atom is -0.332 e. The van der Waals surface area contributed by atoms with Crippen molar-refractivity contribution in [2.45, 2.75) is 6.92 Å². The highest BCUT2D eigenvalue weighted by atomic mass is 19.1. The van der Waals surface area contributed by atoms with Crippen molar-refractivity contribution in [1.29, 1.82) is 0 Å². The number of hydrazine groups is 1. The lowest BCUT2D eigenvalue weighted by molar-refractivity contribution is -0.384. The average molecular weight is 278 g/mol. The average Bonchev–Trinajstić information content (AvgIpc) is 2.41. The predicted octanol–water partition coefficient (Wildman–Crippen LogP) is 1.86. The summed E-state index contributed by atoms with van der Waals surface area (Å²) in [6, 6.07) is 4.43. The molecule has 2 rings (SSSR count). The number of halogens is 1. The van der Waals surface area contributed by atoms with Gasteiger partial charge in [-0.25, -0.2) is 15.2 Å². The lowest BCUT2D eigenvalue weighted by Gasteiger charge is -2.08. The van der Waals surface area contributed by atoms with E-state index in [2.05, 4.69) is 20.7 Å². The molecule has 4 N–H and O–H groups in total. The molecule has 0 atom stereocenters. The van der Waals surface area contributed by atoms with Gasteiger partial charge in [-0.2, -0.15) is 4.98 Å². The number of aromatic nitrogens is 2. The van der Waals surface area contributed by atoms with Gasteiger partial charge in [-0.3, -0.25) is 15.5 Å². The predicted molar refractivity (Wildman–Crippen MR) is 70.9 cm³/mol. The van der Waals surface area contributed by atoms with Crippen molar-refractivity contribution in [3.8, 4) is 0 Å². The molecule has 0 aliphatic rings. The van der Waals surface area contributed by atoms with Crippen LogP contribution in [0.4, 0.5) is 27.5 Å². The lowest BCUT2D eigenvalue weighted by Crippen LogP contribution is -2.12. The number of rotatable bonds is 4. The number of hydrogen-bond donors (Lipinski definition) is 3. The highest BCUT2D eigenvalue weighted by Crippen LogP contribution is 2.27. The summed E-state index contributed by atoms with van der Waals surface area (Å²) in [5, 5.41) is 13.5. The molecule has 2 aromatic rings. The van der Waals surface area contributed by atoms with Gasteiger partial charge in [0.05, 0.1) is 10.6 Å². The maximum Gasteiger partial charge on any atom is 0.329 e. The normalized spacial score (nSPS) is 10.2. The minimum absolute atomic E-state index is 0.0226. The molecule has 0 spiro atoms. The summed E-state index contributed by atoms with van der Waals surface area (Å²) < 4.78 is 13.7. The molecule has 1 heterocycles. The van der Waals surface area contributed by atoms with Crippen LogP contribution in [-0.2, 0) is 0 Å². The zero-order valence-corrected chi connectivity index (χ0v) is 10.4. The monoisotopic (exact) mass is 278 g/mol. The highest BCUT2D eigenvalue weighted by Gasteiger charge is 2.18. The van der Waals surface area contributed by atoms with E-state index in [1.807, 2.05) is 0 Å². The topological polar surface area (TPSA) is 119 Å². The van der Waals surface area contributed by atoms with Crippen LogP contribution in [-0.4, -0.2) is 14.9 Å². The molecule has 1 aromatic heterocycles. The molecule has 104 valence electrons. The third-order valence-corrected chi connectivity index (χ3v) is 2.47. The van der Waals surface area contributed by atoms with Crippen molar-refractivity contribution in [2.24, 2.45) is 5.84 Å². The van der Waals surface area contributed by atoms with E-state index in [0.29, 0.717) is 0 Å². The Morgan fingerprint density at radius 1 is 1.45 bits per heavy atom. The molecular weight excluding hydrogens is 267 g/mol. The molecule has 0 amide bonds. The van der Waals surface area contributed by atoms with Gasteiger partial charge in [-0.1, -0.05) is 6.07 Å². The zero-order valence-electron chi connectivity index (χ0n) is 10.4. The molecule has 1 aromatic carbocycles. The Kier molecular flexibility index (Phi) is 3.71. The molecule has 0 bridgehead atoms. The van der Waals surface area contributed by atoms with Crippen LogP contribution < -0.4 is 16.6 Å². The van der Waals surface area contributed by atoms with Crippen LogP contribution in [0.25, 0.3) is 0 Å². The van der Waals surface area contributed by atoms with Gasteiger partial charge in [-0.15, -0.1) is 0 Å². The summed E-state index contributed by atoms with van der Waals surface area (Å²) in [6.45, 7) is 1.73. The molecule has 9 heteroatoms. The van der Waals surface area contributed by atoms with Gasteiger partial charge in [0.15, 0.2) is 0 Å². The van der Waals surface area contributed by atoms with Gasteiger partial charge in [0.2, 0.25) is 11.8 Å². The van der Waals surface area contributed by atoms with Crippen molar-refractivity contribution < 1.29 is 9.31 Å². The minimum atomic E-state index is -0.672. The van der Waals surface area contributed by atoms with E-state index in [9.17, 15) is 14.5 Å². The fraction of sp³-hybridized carbons (Fsp3) is 0.0909. The van der Waals surface area contributed by atoms with Crippen molar-refractivity contribution in [1.82, 2.24) is 9.97 Å². The molecule has 0 saturated heterocycles. The third kappa shape index (κ3) is 2.78. The lowest BCUT2D eigenvalue weighted by atomic mass is 10.2. The Labute approximate surface area is 113 Å². The van der Waals surface area contributed by atoms with Gasteiger partial charge in [0.1, 0.15) is 12.0 Å². The van der Waals surface area contributed by atoms with Gasteiger partial charge < -0.3 is 5.32 Å². The SMILES string of the molecule is Cc1ccc(Nc2nc(NN)ncc2[N+](=O)[O-])c(F)c1. The first kappa shape index (κ1) is 13.6. The fourth-order valence-corrected chi connectivity index (χ4v) is 1.52. The number of nitro groups is 1. The van der Waals surface area contributed by atoms with E-state index in [0.717, 1.165) is 11.8 Å². The Balaban J connectivity index is 2.43. The second-order valence-electron chi connectivity index (χ2n) is 3.94. The smallest absolute Gasteiger partial charge is 0.329 e. The molecule has 0 fully saturated rings. The number of nitrogens with zero attached hydrogens (tertiary/aromatic N) is 3. The summed E-state index contributed by atoms with van der Waals surface area (Å²) >= 11 is 0. The van der Waals surface area contributed by atoms with Crippen molar-refractivity contribution in [2.75, 3.05) is 10.7 Å². The van der Waals surface area contributed by atoms with Crippen LogP contribution in [0.5, 0.6) is 0 Å². The molecule has 0 aliphatic heterocycles. The first-order valence-electron chi connectivity index (χ1n) is 5.52. The van der Waals surface area contributed by atoms with Gasteiger partial charge in [0, 0.05) is 0 Å². The van der Waals surface area contributed by atoms with E-state index in [1.165, 1.54) is 12.1 Å². The first-order chi connectivity index (χ1) is 9.51. The largest absolute Gasteiger partial charge is 0.332 e. The highest BCUT2D eigenvalue weighted by molar-refractivity contribution is 5.66. The molecule has 0 radical (unpaired) electrons. The number of hydrogen-bond acceptors (Lipinski definition) is 7. The van der Waals surface area contributed by atoms with Gasteiger partial charge in [0.25, 0.3) is 0 Å². The van der Waals surface area contributed by atoms with E-state index in [-0.39, 0.29) is 23.1 Å². The summed E-state index contributed by atoms with van der Waals surface area (Å²) in [6.07, 6.45) is 0.983. The molecule has 0 aliphatic carbocycles. The van der Waals surface area contributed by atoms with Crippen LogP contribution >= 0.6 is 0 Å².